The van der Waals surface area contributed by atoms with Crippen LogP contribution in [0.3, 0.4) is 0 Å². The zero-order valence-electron chi connectivity index (χ0n) is 13.0. The lowest BCUT2D eigenvalue weighted by Crippen LogP contribution is -2.43. The number of hydrogen-bond acceptors (Lipinski definition) is 2. The van der Waals surface area contributed by atoms with E-state index < -0.39 is 11.7 Å². The van der Waals surface area contributed by atoms with Gasteiger partial charge in [0, 0.05) is 6.04 Å². The van der Waals surface area contributed by atoms with Gasteiger partial charge >= 0.3 is 6.09 Å². The third-order valence-electron chi connectivity index (χ3n) is 2.84. The minimum absolute atomic E-state index is 0.158. The predicted molar refractivity (Wildman–Crippen MR) is 81.3 cm³/mol. The Kier molecular flexibility index (Phi) is 5.78. The van der Waals surface area contributed by atoms with Crippen molar-refractivity contribution in [2.45, 2.75) is 45.8 Å². The number of nitrogens with zero attached hydrogens (tertiary/aromatic N) is 1. The van der Waals surface area contributed by atoms with Crippen LogP contribution in [-0.4, -0.2) is 29.2 Å². The molecule has 0 saturated carbocycles. The molecule has 1 amide bonds. The largest absolute Gasteiger partial charge is 0.444 e. The fourth-order valence-electron chi connectivity index (χ4n) is 1.93. The van der Waals surface area contributed by atoms with E-state index in [1.807, 2.05) is 13.0 Å². The van der Waals surface area contributed by atoms with E-state index in [1.54, 1.807) is 26.8 Å². The van der Waals surface area contributed by atoms with Gasteiger partial charge in [-0.3, -0.25) is 4.90 Å². The maximum absolute atomic E-state index is 13.2. The van der Waals surface area contributed by atoms with E-state index in [-0.39, 0.29) is 18.4 Å². The Hall–Kier alpha value is -2.02. The Labute approximate surface area is 126 Å². The molecule has 0 bridgehead atoms. The van der Waals surface area contributed by atoms with Crippen molar-refractivity contribution in [1.29, 1.82) is 0 Å². The van der Waals surface area contributed by atoms with Crippen LogP contribution in [0.1, 0.15) is 33.3 Å². The standard InChI is InChI=1S/C17H22FNO2/c1-6-10-19(16(20)21-17(3,4)5)13(2)11-14-8-7-9-15(18)12-14/h1,7-9,12-13H,10-11H2,2-5H3. The number of carbonyl (C=O) groups excluding carboxylic acids is 1. The minimum Gasteiger partial charge on any atom is -0.444 e. The number of hydrogen-bond donors (Lipinski definition) is 0. The second kappa shape index (κ2) is 7.12. The van der Waals surface area contributed by atoms with Crippen molar-refractivity contribution in [3.05, 3.63) is 35.6 Å². The molecule has 3 nitrogen and oxygen atoms in total. The summed E-state index contributed by atoms with van der Waals surface area (Å²) in [4.78, 5) is 13.7. The highest BCUT2D eigenvalue weighted by Gasteiger charge is 2.25. The number of rotatable bonds is 4. The average molecular weight is 291 g/mol. The summed E-state index contributed by atoms with van der Waals surface area (Å²) in [6.45, 7) is 7.43. The molecule has 0 fully saturated rings. The molecule has 0 N–H and O–H groups in total. The van der Waals surface area contributed by atoms with Crippen LogP contribution >= 0.6 is 0 Å². The van der Waals surface area contributed by atoms with E-state index in [4.69, 9.17) is 11.2 Å². The summed E-state index contributed by atoms with van der Waals surface area (Å²) < 4.78 is 18.6. The second-order valence-electron chi connectivity index (χ2n) is 6.00. The van der Waals surface area contributed by atoms with Gasteiger partial charge in [0.15, 0.2) is 0 Å². The molecule has 114 valence electrons. The third kappa shape index (κ3) is 5.86. The second-order valence-corrected chi connectivity index (χ2v) is 6.00. The van der Waals surface area contributed by atoms with Gasteiger partial charge in [-0.15, -0.1) is 6.42 Å². The molecule has 1 atom stereocenters. The number of carbonyl (C=O) groups is 1. The molecule has 0 radical (unpaired) electrons. The van der Waals surface area contributed by atoms with Crippen LogP contribution in [0.25, 0.3) is 0 Å². The minimum atomic E-state index is -0.581. The Morgan fingerprint density at radius 2 is 2.14 bits per heavy atom. The first-order valence-corrected chi connectivity index (χ1v) is 6.90. The molecule has 1 aromatic rings. The van der Waals surface area contributed by atoms with Gasteiger partial charge in [-0.2, -0.15) is 0 Å². The fraction of sp³-hybridized carbons (Fsp3) is 0.471. The Morgan fingerprint density at radius 1 is 1.48 bits per heavy atom. The van der Waals surface area contributed by atoms with Gasteiger partial charge in [-0.05, 0) is 51.8 Å². The van der Waals surface area contributed by atoms with E-state index >= 15 is 0 Å². The number of ether oxygens (including phenoxy) is 1. The molecular formula is C17H22FNO2. The van der Waals surface area contributed by atoms with Crippen molar-refractivity contribution in [3.8, 4) is 12.3 Å². The first-order chi connectivity index (χ1) is 9.73. The van der Waals surface area contributed by atoms with Gasteiger partial charge < -0.3 is 4.74 Å². The number of benzene rings is 1. The van der Waals surface area contributed by atoms with Gasteiger partial charge in [0.25, 0.3) is 0 Å². The maximum Gasteiger partial charge on any atom is 0.411 e. The van der Waals surface area contributed by atoms with E-state index in [9.17, 15) is 9.18 Å². The molecule has 4 heteroatoms. The highest BCUT2D eigenvalue weighted by atomic mass is 19.1. The summed E-state index contributed by atoms with van der Waals surface area (Å²) >= 11 is 0. The molecule has 0 aliphatic rings. The van der Waals surface area contributed by atoms with Crippen LogP contribution in [0, 0.1) is 18.2 Å². The SMILES string of the molecule is C#CCN(C(=O)OC(C)(C)C)C(C)Cc1cccc(F)c1. The lowest BCUT2D eigenvalue weighted by atomic mass is 10.1. The van der Waals surface area contributed by atoms with Crippen LogP contribution in [0.15, 0.2) is 24.3 Å². The van der Waals surface area contributed by atoms with Gasteiger partial charge in [0.1, 0.15) is 11.4 Å². The quantitative estimate of drug-likeness (QED) is 0.793. The molecule has 0 aliphatic carbocycles. The molecule has 0 spiro atoms. The maximum atomic E-state index is 13.2. The normalized spacial score (nSPS) is 12.4. The Balaban J connectivity index is 2.80. The number of amides is 1. The van der Waals surface area contributed by atoms with Gasteiger partial charge in [-0.1, -0.05) is 18.1 Å². The van der Waals surface area contributed by atoms with E-state index in [1.165, 1.54) is 17.0 Å². The lowest BCUT2D eigenvalue weighted by molar-refractivity contribution is 0.0207. The average Bonchev–Trinajstić information content (AvgIpc) is 2.33. The number of halogens is 1. The van der Waals surface area contributed by atoms with E-state index in [0.717, 1.165) is 5.56 Å². The van der Waals surface area contributed by atoms with Gasteiger partial charge in [0.05, 0.1) is 6.54 Å². The Bertz CT molecular complexity index is 528. The summed E-state index contributed by atoms with van der Waals surface area (Å²) in [6, 6.07) is 6.14. The van der Waals surface area contributed by atoms with Gasteiger partial charge in [-0.25, -0.2) is 9.18 Å². The number of terminal acetylenes is 1. The van der Waals surface area contributed by atoms with Crippen molar-refractivity contribution in [2.24, 2.45) is 0 Å². The summed E-state index contributed by atoms with van der Waals surface area (Å²) in [5.41, 5.74) is 0.232. The molecule has 1 aromatic carbocycles. The summed E-state index contributed by atoms with van der Waals surface area (Å²) in [5, 5.41) is 0. The molecule has 0 aromatic heterocycles. The molecule has 0 aliphatic heterocycles. The van der Waals surface area contributed by atoms with Gasteiger partial charge in [0.2, 0.25) is 0 Å². The molecule has 21 heavy (non-hydrogen) atoms. The van der Waals surface area contributed by atoms with E-state index in [2.05, 4.69) is 5.92 Å². The highest BCUT2D eigenvalue weighted by molar-refractivity contribution is 5.69. The van der Waals surface area contributed by atoms with Crippen molar-refractivity contribution in [2.75, 3.05) is 6.54 Å². The highest BCUT2D eigenvalue weighted by Crippen LogP contribution is 2.15. The Morgan fingerprint density at radius 3 is 2.67 bits per heavy atom. The van der Waals surface area contributed by atoms with Crippen molar-refractivity contribution in [1.82, 2.24) is 4.90 Å². The first-order valence-electron chi connectivity index (χ1n) is 6.90. The van der Waals surface area contributed by atoms with Crippen molar-refractivity contribution < 1.29 is 13.9 Å². The summed E-state index contributed by atoms with van der Waals surface area (Å²) in [5.74, 6) is 2.17. The smallest absolute Gasteiger partial charge is 0.411 e. The van der Waals surface area contributed by atoms with E-state index in [0.29, 0.717) is 6.42 Å². The zero-order chi connectivity index (χ0) is 16.0. The fourth-order valence-corrected chi connectivity index (χ4v) is 1.93. The van der Waals surface area contributed by atoms with Crippen LogP contribution in [-0.2, 0) is 11.2 Å². The van der Waals surface area contributed by atoms with Crippen LogP contribution in [0.5, 0.6) is 0 Å². The summed E-state index contributed by atoms with van der Waals surface area (Å²) in [6.07, 6.45) is 5.39. The lowest BCUT2D eigenvalue weighted by Gasteiger charge is -2.30. The molecule has 1 unspecified atom stereocenters. The third-order valence-corrected chi connectivity index (χ3v) is 2.84. The molecule has 0 saturated heterocycles. The first kappa shape index (κ1) is 17.0. The molecule has 0 heterocycles. The predicted octanol–water partition coefficient (Wildman–Crippen LogP) is 3.63. The monoisotopic (exact) mass is 291 g/mol. The molecule has 1 rings (SSSR count). The van der Waals surface area contributed by atoms with Crippen molar-refractivity contribution in [3.63, 3.8) is 0 Å². The summed E-state index contributed by atoms with van der Waals surface area (Å²) in [7, 11) is 0. The zero-order valence-corrected chi connectivity index (χ0v) is 13.0. The van der Waals surface area contributed by atoms with Crippen LogP contribution in [0.2, 0.25) is 0 Å². The van der Waals surface area contributed by atoms with Crippen LogP contribution < -0.4 is 0 Å². The van der Waals surface area contributed by atoms with Crippen molar-refractivity contribution >= 4 is 6.09 Å². The molecular weight excluding hydrogens is 269 g/mol. The topological polar surface area (TPSA) is 29.5 Å². The van der Waals surface area contributed by atoms with Crippen LogP contribution in [0.4, 0.5) is 9.18 Å².